The van der Waals surface area contributed by atoms with Crippen molar-refractivity contribution in [2.45, 2.75) is 51.5 Å². The molecule has 0 bridgehead atoms. The van der Waals surface area contributed by atoms with Gasteiger partial charge in [0, 0.05) is 57.2 Å². The summed E-state index contributed by atoms with van der Waals surface area (Å²) in [5.74, 6) is 0.177. The van der Waals surface area contributed by atoms with Gasteiger partial charge in [0.25, 0.3) is 5.91 Å². The van der Waals surface area contributed by atoms with Gasteiger partial charge in [0.15, 0.2) is 0 Å². The summed E-state index contributed by atoms with van der Waals surface area (Å²) in [5.41, 5.74) is 1.51. The van der Waals surface area contributed by atoms with Gasteiger partial charge in [-0.1, -0.05) is 19.3 Å². The first-order valence-electron chi connectivity index (χ1n) is 10.9. The monoisotopic (exact) mass is 384 g/mol. The van der Waals surface area contributed by atoms with Gasteiger partial charge in [0.05, 0.1) is 11.5 Å². The van der Waals surface area contributed by atoms with Gasteiger partial charge in [-0.05, 0) is 38.3 Å². The zero-order valence-corrected chi connectivity index (χ0v) is 17.0. The van der Waals surface area contributed by atoms with E-state index >= 15 is 0 Å². The fourth-order valence-corrected chi connectivity index (χ4v) is 4.80. The number of aryl methyl sites for hydroxylation is 1. The molecular formula is C22H32N4O2. The first-order chi connectivity index (χ1) is 13.6. The lowest BCUT2D eigenvalue weighted by molar-refractivity contribution is -0.139. The SMILES string of the molecule is Cc1ccc(C(=O)N2CC(C(=O)N3CCCN(C4CCCCC4)CC3)C2)cn1. The van der Waals surface area contributed by atoms with Gasteiger partial charge in [-0.2, -0.15) is 0 Å². The van der Waals surface area contributed by atoms with Crippen molar-refractivity contribution in [2.75, 3.05) is 39.3 Å². The molecule has 28 heavy (non-hydrogen) atoms. The predicted octanol–water partition coefficient (Wildman–Crippen LogP) is 2.33. The zero-order valence-electron chi connectivity index (χ0n) is 17.0. The molecule has 152 valence electrons. The van der Waals surface area contributed by atoms with Gasteiger partial charge in [-0.3, -0.25) is 19.5 Å². The molecule has 0 N–H and O–H groups in total. The van der Waals surface area contributed by atoms with Gasteiger partial charge in [-0.25, -0.2) is 0 Å². The molecule has 0 radical (unpaired) electrons. The predicted molar refractivity (Wildman–Crippen MR) is 108 cm³/mol. The Morgan fingerprint density at radius 1 is 0.929 bits per heavy atom. The van der Waals surface area contributed by atoms with E-state index in [0.717, 1.165) is 44.3 Å². The van der Waals surface area contributed by atoms with Crippen LogP contribution in [0.3, 0.4) is 0 Å². The van der Waals surface area contributed by atoms with E-state index in [1.807, 2.05) is 24.0 Å². The highest BCUT2D eigenvalue weighted by atomic mass is 16.2. The Labute approximate surface area is 167 Å². The summed E-state index contributed by atoms with van der Waals surface area (Å²) < 4.78 is 0. The third-order valence-electron chi connectivity index (χ3n) is 6.61. The smallest absolute Gasteiger partial charge is 0.255 e. The van der Waals surface area contributed by atoms with Gasteiger partial charge < -0.3 is 9.80 Å². The second-order valence-electron chi connectivity index (χ2n) is 8.60. The van der Waals surface area contributed by atoms with Crippen molar-refractivity contribution < 1.29 is 9.59 Å². The quantitative estimate of drug-likeness (QED) is 0.803. The summed E-state index contributed by atoms with van der Waals surface area (Å²) in [6, 6.07) is 4.39. The summed E-state index contributed by atoms with van der Waals surface area (Å²) in [7, 11) is 0. The summed E-state index contributed by atoms with van der Waals surface area (Å²) >= 11 is 0. The number of rotatable bonds is 3. The number of likely N-dealkylation sites (tertiary alicyclic amines) is 1. The van der Waals surface area contributed by atoms with Gasteiger partial charge in [0.2, 0.25) is 5.91 Å². The Balaban J connectivity index is 1.26. The lowest BCUT2D eigenvalue weighted by atomic mass is 9.94. The maximum Gasteiger partial charge on any atom is 0.255 e. The van der Waals surface area contributed by atoms with E-state index < -0.39 is 0 Å². The average molecular weight is 385 g/mol. The van der Waals surface area contributed by atoms with Crippen LogP contribution in [0, 0.1) is 12.8 Å². The topological polar surface area (TPSA) is 56.8 Å². The molecule has 2 saturated heterocycles. The van der Waals surface area contributed by atoms with Crippen LogP contribution in [0.4, 0.5) is 0 Å². The summed E-state index contributed by atoms with van der Waals surface area (Å²) in [6.45, 7) is 6.78. The molecule has 4 rings (SSSR count). The number of amides is 2. The normalized spacial score (nSPS) is 22.6. The first kappa shape index (κ1) is 19.4. The highest BCUT2D eigenvalue weighted by Gasteiger charge is 2.38. The van der Waals surface area contributed by atoms with Crippen LogP contribution in [-0.2, 0) is 4.79 Å². The van der Waals surface area contributed by atoms with E-state index in [9.17, 15) is 9.59 Å². The minimum atomic E-state index is -0.0383. The fraction of sp³-hybridized carbons (Fsp3) is 0.682. The second kappa shape index (κ2) is 8.60. The van der Waals surface area contributed by atoms with Crippen LogP contribution in [0.15, 0.2) is 18.3 Å². The maximum atomic E-state index is 12.9. The van der Waals surface area contributed by atoms with E-state index in [2.05, 4.69) is 9.88 Å². The van der Waals surface area contributed by atoms with E-state index in [-0.39, 0.29) is 17.7 Å². The summed E-state index contributed by atoms with van der Waals surface area (Å²) in [6.07, 6.45) is 9.42. The Bertz CT molecular complexity index is 693. The largest absolute Gasteiger partial charge is 0.341 e. The van der Waals surface area contributed by atoms with Crippen molar-refractivity contribution in [3.8, 4) is 0 Å². The molecule has 1 saturated carbocycles. The lowest BCUT2D eigenvalue weighted by Gasteiger charge is -2.40. The summed E-state index contributed by atoms with van der Waals surface area (Å²) in [5, 5.41) is 0. The van der Waals surface area contributed by atoms with E-state index in [4.69, 9.17) is 0 Å². The minimum Gasteiger partial charge on any atom is -0.341 e. The molecule has 2 amide bonds. The van der Waals surface area contributed by atoms with Crippen LogP contribution in [0.5, 0.6) is 0 Å². The molecule has 0 unspecified atom stereocenters. The molecule has 1 aliphatic carbocycles. The maximum absolute atomic E-state index is 12.9. The van der Waals surface area contributed by atoms with Gasteiger partial charge in [-0.15, -0.1) is 0 Å². The third kappa shape index (κ3) is 4.22. The molecule has 0 aromatic carbocycles. The minimum absolute atomic E-state index is 0.0177. The van der Waals surface area contributed by atoms with Crippen molar-refractivity contribution >= 4 is 11.8 Å². The molecular weight excluding hydrogens is 352 g/mol. The number of pyridine rings is 1. The van der Waals surface area contributed by atoms with Crippen molar-refractivity contribution in [1.29, 1.82) is 0 Å². The van der Waals surface area contributed by atoms with Crippen molar-refractivity contribution in [3.63, 3.8) is 0 Å². The number of hydrogen-bond acceptors (Lipinski definition) is 4. The number of carbonyl (C=O) groups is 2. The Morgan fingerprint density at radius 2 is 1.71 bits per heavy atom. The van der Waals surface area contributed by atoms with Crippen molar-refractivity contribution in [2.24, 2.45) is 5.92 Å². The van der Waals surface area contributed by atoms with E-state index in [0.29, 0.717) is 18.7 Å². The Hall–Kier alpha value is -1.95. The van der Waals surface area contributed by atoms with Crippen LogP contribution in [0.1, 0.15) is 54.6 Å². The van der Waals surface area contributed by atoms with Crippen molar-refractivity contribution in [1.82, 2.24) is 19.7 Å². The van der Waals surface area contributed by atoms with Gasteiger partial charge >= 0.3 is 0 Å². The van der Waals surface area contributed by atoms with Crippen LogP contribution >= 0.6 is 0 Å². The van der Waals surface area contributed by atoms with Gasteiger partial charge in [0.1, 0.15) is 0 Å². The molecule has 0 atom stereocenters. The van der Waals surface area contributed by atoms with Crippen LogP contribution < -0.4 is 0 Å². The molecule has 3 heterocycles. The molecule has 0 spiro atoms. The Kier molecular flexibility index (Phi) is 5.95. The summed E-state index contributed by atoms with van der Waals surface area (Å²) in [4.78, 5) is 36.1. The highest BCUT2D eigenvalue weighted by molar-refractivity contribution is 5.95. The van der Waals surface area contributed by atoms with Crippen LogP contribution in [-0.4, -0.2) is 76.8 Å². The van der Waals surface area contributed by atoms with Crippen LogP contribution in [0.25, 0.3) is 0 Å². The number of aromatic nitrogens is 1. The zero-order chi connectivity index (χ0) is 19.5. The van der Waals surface area contributed by atoms with Crippen molar-refractivity contribution in [3.05, 3.63) is 29.6 Å². The van der Waals surface area contributed by atoms with E-state index in [1.165, 1.54) is 32.1 Å². The number of nitrogens with zero attached hydrogens (tertiary/aromatic N) is 4. The Morgan fingerprint density at radius 3 is 2.43 bits per heavy atom. The highest BCUT2D eigenvalue weighted by Crippen LogP contribution is 2.25. The second-order valence-corrected chi connectivity index (χ2v) is 8.60. The van der Waals surface area contributed by atoms with Crippen LogP contribution in [0.2, 0.25) is 0 Å². The van der Waals surface area contributed by atoms with E-state index in [1.54, 1.807) is 11.1 Å². The molecule has 2 aliphatic heterocycles. The fourth-order valence-electron chi connectivity index (χ4n) is 4.80. The molecule has 6 heteroatoms. The molecule has 1 aromatic heterocycles. The number of carbonyl (C=O) groups excluding carboxylic acids is 2. The standard InChI is InChI=1S/C22H32N4O2/c1-17-8-9-18(14-23-17)21(27)26-15-19(16-26)22(28)25-11-5-10-24(12-13-25)20-6-3-2-4-7-20/h8-9,14,19-20H,2-7,10-13,15-16H2,1H3. The molecule has 1 aromatic rings. The molecule has 6 nitrogen and oxygen atoms in total. The first-order valence-corrected chi connectivity index (χ1v) is 10.9. The number of hydrogen-bond donors (Lipinski definition) is 0. The third-order valence-corrected chi connectivity index (χ3v) is 6.61. The molecule has 3 aliphatic rings. The molecule has 3 fully saturated rings. The lowest BCUT2D eigenvalue weighted by Crippen LogP contribution is -2.56. The average Bonchev–Trinajstić information content (AvgIpc) is 2.94.